The number of amides is 2. The van der Waals surface area contributed by atoms with Gasteiger partial charge in [-0.1, -0.05) is 23.9 Å². The molecule has 2 aromatic carbocycles. The predicted molar refractivity (Wildman–Crippen MR) is 120 cm³/mol. The van der Waals surface area contributed by atoms with Crippen molar-refractivity contribution in [1.82, 2.24) is 4.90 Å². The predicted octanol–water partition coefficient (Wildman–Crippen LogP) is 4.43. The Bertz CT molecular complexity index is 999. The van der Waals surface area contributed by atoms with Gasteiger partial charge in [-0.2, -0.15) is 0 Å². The normalized spacial score (nSPS) is 20.0. The smallest absolute Gasteiger partial charge is 0.242 e. The number of thioether (sulfide) groups is 1. The topological polar surface area (TPSA) is 71.0 Å². The van der Waals surface area contributed by atoms with Gasteiger partial charge in [0.2, 0.25) is 11.8 Å². The number of rotatable bonds is 6. The Morgan fingerprint density at radius 2 is 1.93 bits per heavy atom. The fraction of sp³-hybridized carbons (Fsp3) is 0.348. The van der Waals surface area contributed by atoms with E-state index in [0.717, 1.165) is 41.1 Å². The lowest BCUT2D eigenvalue weighted by Gasteiger charge is -2.15. The third-order valence-corrected chi connectivity index (χ3v) is 6.37. The Hall–Kier alpha value is -2.80. The molecule has 156 valence electrons. The van der Waals surface area contributed by atoms with E-state index in [-0.39, 0.29) is 24.3 Å². The maximum atomic E-state index is 13.0. The molecule has 2 amide bonds. The number of carbonyl (C=O) groups excluding carboxylic acids is 2. The number of benzene rings is 2. The summed E-state index contributed by atoms with van der Waals surface area (Å²) in [6.45, 7) is 3.94. The highest BCUT2D eigenvalue weighted by Crippen LogP contribution is 2.39. The molecule has 1 N–H and O–H groups in total. The minimum atomic E-state index is -0.451. The molecule has 30 heavy (non-hydrogen) atoms. The highest BCUT2D eigenvalue weighted by atomic mass is 32.2. The van der Waals surface area contributed by atoms with Crippen molar-refractivity contribution < 1.29 is 14.3 Å². The number of ether oxygens (including phenoxy) is 1. The third-order valence-electron chi connectivity index (χ3n) is 5.21. The van der Waals surface area contributed by atoms with E-state index in [4.69, 9.17) is 9.73 Å². The highest BCUT2D eigenvalue weighted by Gasteiger charge is 2.46. The molecule has 1 saturated carbocycles. The molecular weight excluding hydrogens is 398 g/mol. The van der Waals surface area contributed by atoms with Crippen molar-refractivity contribution in [3.05, 3.63) is 53.6 Å². The van der Waals surface area contributed by atoms with Crippen molar-refractivity contribution >= 4 is 40.1 Å². The van der Waals surface area contributed by atoms with Crippen LogP contribution in [-0.4, -0.2) is 40.3 Å². The van der Waals surface area contributed by atoms with Gasteiger partial charge < -0.3 is 10.1 Å². The molecule has 7 heteroatoms. The number of aryl methyl sites for hydroxylation is 2. The zero-order chi connectivity index (χ0) is 21.3. The van der Waals surface area contributed by atoms with E-state index >= 15 is 0 Å². The van der Waals surface area contributed by atoms with E-state index < -0.39 is 5.25 Å². The second-order valence-electron chi connectivity index (χ2n) is 7.71. The summed E-state index contributed by atoms with van der Waals surface area (Å²) in [5, 5.41) is 3.19. The quantitative estimate of drug-likeness (QED) is 0.746. The van der Waals surface area contributed by atoms with Crippen LogP contribution in [0.15, 0.2) is 47.5 Å². The number of hydrogen-bond acceptors (Lipinski definition) is 5. The van der Waals surface area contributed by atoms with Gasteiger partial charge in [-0.25, -0.2) is 4.99 Å². The zero-order valence-corrected chi connectivity index (χ0v) is 18.2. The van der Waals surface area contributed by atoms with Crippen molar-refractivity contribution in [2.75, 3.05) is 12.4 Å². The Labute approximate surface area is 180 Å². The van der Waals surface area contributed by atoms with E-state index in [1.54, 1.807) is 12.0 Å². The first-order valence-electron chi connectivity index (χ1n) is 10.0. The molecule has 0 spiro atoms. The molecule has 1 aliphatic heterocycles. The van der Waals surface area contributed by atoms with Gasteiger partial charge in [0.15, 0.2) is 5.17 Å². The fourth-order valence-electron chi connectivity index (χ4n) is 3.37. The summed E-state index contributed by atoms with van der Waals surface area (Å²) in [6, 6.07) is 13.6. The number of hydrogen-bond donors (Lipinski definition) is 1. The van der Waals surface area contributed by atoms with Gasteiger partial charge in [-0.05, 0) is 68.1 Å². The number of aliphatic imine (C=N–C) groups is 1. The minimum absolute atomic E-state index is 0.0223. The number of nitrogens with one attached hydrogen (secondary N) is 1. The molecule has 1 heterocycles. The average Bonchev–Trinajstić information content (AvgIpc) is 3.51. The van der Waals surface area contributed by atoms with Gasteiger partial charge in [0.1, 0.15) is 11.0 Å². The molecule has 0 radical (unpaired) electrons. The third kappa shape index (κ3) is 4.51. The van der Waals surface area contributed by atoms with Crippen LogP contribution in [-0.2, 0) is 9.59 Å². The van der Waals surface area contributed by atoms with Crippen LogP contribution < -0.4 is 10.1 Å². The molecule has 2 aliphatic rings. The Morgan fingerprint density at radius 1 is 1.20 bits per heavy atom. The number of anilines is 1. The standard InChI is InChI=1S/C23H25N3O3S/c1-14-4-5-15(2)19(12-14)25-21(27)13-20-22(28)26(17-8-9-17)23(30-20)24-16-6-10-18(29-3)11-7-16/h4-7,10-12,17,20H,8-9,13H2,1-3H3,(H,25,27)/t20-/m1/s1. The largest absolute Gasteiger partial charge is 0.497 e. The number of methoxy groups -OCH3 is 1. The van der Waals surface area contributed by atoms with Gasteiger partial charge in [-0.3, -0.25) is 14.5 Å². The summed E-state index contributed by atoms with van der Waals surface area (Å²) in [5.74, 6) is 0.580. The molecular formula is C23H25N3O3S. The summed E-state index contributed by atoms with van der Waals surface area (Å²) in [5.41, 5.74) is 3.63. The summed E-state index contributed by atoms with van der Waals surface area (Å²) >= 11 is 1.38. The monoisotopic (exact) mass is 423 g/mol. The lowest BCUT2D eigenvalue weighted by molar-refractivity contribution is -0.128. The number of nitrogens with zero attached hydrogens (tertiary/aromatic N) is 2. The first kappa shape index (κ1) is 20.5. The Kier molecular flexibility index (Phi) is 5.81. The maximum Gasteiger partial charge on any atom is 0.242 e. The first-order chi connectivity index (χ1) is 14.4. The second kappa shape index (κ2) is 8.52. The molecule has 0 bridgehead atoms. The maximum absolute atomic E-state index is 13.0. The summed E-state index contributed by atoms with van der Waals surface area (Å²) in [4.78, 5) is 32.2. The van der Waals surface area contributed by atoms with Crippen LogP contribution in [0.25, 0.3) is 0 Å². The molecule has 4 rings (SSSR count). The molecule has 1 aliphatic carbocycles. The van der Waals surface area contributed by atoms with E-state index in [9.17, 15) is 9.59 Å². The van der Waals surface area contributed by atoms with Crippen LogP contribution in [0.2, 0.25) is 0 Å². The highest BCUT2D eigenvalue weighted by molar-refractivity contribution is 8.15. The van der Waals surface area contributed by atoms with Crippen LogP contribution in [0.1, 0.15) is 30.4 Å². The Balaban J connectivity index is 1.48. The van der Waals surface area contributed by atoms with Gasteiger partial charge in [0, 0.05) is 18.2 Å². The van der Waals surface area contributed by atoms with Crippen molar-refractivity contribution in [2.45, 2.75) is 44.4 Å². The van der Waals surface area contributed by atoms with Crippen LogP contribution >= 0.6 is 11.8 Å². The summed E-state index contributed by atoms with van der Waals surface area (Å²) in [6.07, 6.45) is 2.09. The fourth-order valence-corrected chi connectivity index (χ4v) is 4.58. The van der Waals surface area contributed by atoms with Gasteiger partial charge in [-0.15, -0.1) is 0 Å². The van der Waals surface area contributed by atoms with Gasteiger partial charge in [0.05, 0.1) is 12.8 Å². The van der Waals surface area contributed by atoms with Gasteiger partial charge in [0.25, 0.3) is 0 Å². The second-order valence-corrected chi connectivity index (χ2v) is 8.88. The van der Waals surface area contributed by atoms with Gasteiger partial charge >= 0.3 is 0 Å². The van der Waals surface area contributed by atoms with E-state index in [2.05, 4.69) is 5.32 Å². The minimum Gasteiger partial charge on any atom is -0.497 e. The average molecular weight is 424 g/mol. The molecule has 2 aromatic rings. The zero-order valence-electron chi connectivity index (χ0n) is 17.3. The van der Waals surface area contributed by atoms with Crippen LogP contribution in [0.5, 0.6) is 5.75 Å². The molecule has 6 nitrogen and oxygen atoms in total. The van der Waals surface area contributed by atoms with Crippen molar-refractivity contribution in [2.24, 2.45) is 4.99 Å². The van der Waals surface area contributed by atoms with Crippen LogP contribution in [0.4, 0.5) is 11.4 Å². The lowest BCUT2D eigenvalue weighted by Crippen LogP contribution is -2.35. The molecule has 2 fully saturated rings. The Morgan fingerprint density at radius 3 is 2.60 bits per heavy atom. The molecule has 1 saturated heterocycles. The summed E-state index contributed by atoms with van der Waals surface area (Å²) < 4.78 is 5.19. The lowest BCUT2D eigenvalue weighted by atomic mass is 10.1. The SMILES string of the molecule is COc1ccc(N=C2S[C@H](CC(=O)Nc3cc(C)ccc3C)C(=O)N2C2CC2)cc1. The van der Waals surface area contributed by atoms with E-state index in [0.29, 0.717) is 5.17 Å². The van der Waals surface area contributed by atoms with E-state index in [1.165, 1.54) is 11.8 Å². The summed E-state index contributed by atoms with van der Waals surface area (Å²) in [7, 11) is 1.62. The van der Waals surface area contributed by atoms with E-state index in [1.807, 2.05) is 56.3 Å². The van der Waals surface area contributed by atoms with Crippen molar-refractivity contribution in [1.29, 1.82) is 0 Å². The van der Waals surface area contributed by atoms with Crippen LogP contribution in [0, 0.1) is 13.8 Å². The molecule has 1 atom stereocenters. The first-order valence-corrected chi connectivity index (χ1v) is 10.9. The number of amidine groups is 1. The molecule has 0 aromatic heterocycles. The van der Waals surface area contributed by atoms with Crippen molar-refractivity contribution in [3.63, 3.8) is 0 Å². The molecule has 0 unspecified atom stereocenters. The van der Waals surface area contributed by atoms with Crippen LogP contribution in [0.3, 0.4) is 0 Å². The van der Waals surface area contributed by atoms with Crippen molar-refractivity contribution in [3.8, 4) is 5.75 Å². The number of carbonyl (C=O) groups is 2.